The minimum atomic E-state index is -0.104. The lowest BCUT2D eigenvalue weighted by atomic mass is 9.97. The van der Waals surface area contributed by atoms with Gasteiger partial charge in [0, 0.05) is 9.30 Å². The predicted molar refractivity (Wildman–Crippen MR) is 70.0 cm³/mol. The van der Waals surface area contributed by atoms with E-state index in [9.17, 15) is 4.39 Å². The van der Waals surface area contributed by atoms with Crippen LogP contribution in [0, 0.1) is 11.7 Å². The first kappa shape index (κ1) is 13.2. The molecular weight excluding hydrogens is 323 g/mol. The van der Waals surface area contributed by atoms with E-state index < -0.39 is 0 Å². The molecule has 0 nitrogen and oxygen atoms in total. The molecule has 0 aliphatic carbocycles. The summed E-state index contributed by atoms with van der Waals surface area (Å²) in [5, 5.41) is 0. The molecule has 2 unspecified atom stereocenters. The number of benzene rings is 1. The van der Waals surface area contributed by atoms with Crippen molar-refractivity contribution >= 4 is 31.9 Å². The molecule has 0 heterocycles. The summed E-state index contributed by atoms with van der Waals surface area (Å²) in [5.41, 5.74) is 0.796. The molecular formula is C12H15Br2F. The molecule has 0 saturated carbocycles. The third kappa shape index (κ3) is 4.64. The van der Waals surface area contributed by atoms with Crippen molar-refractivity contribution in [3.63, 3.8) is 0 Å². The predicted octanol–water partition coefficient (Wildman–Crippen LogP) is 4.94. The molecule has 15 heavy (non-hydrogen) atoms. The van der Waals surface area contributed by atoms with Gasteiger partial charge in [0.2, 0.25) is 0 Å². The topological polar surface area (TPSA) is 0 Å². The van der Waals surface area contributed by atoms with E-state index in [1.54, 1.807) is 6.07 Å². The molecule has 1 aromatic rings. The lowest BCUT2D eigenvalue weighted by Crippen LogP contribution is -2.06. The van der Waals surface area contributed by atoms with Gasteiger partial charge in [-0.05, 0) is 42.5 Å². The highest BCUT2D eigenvalue weighted by atomic mass is 79.9. The highest BCUT2D eigenvalue weighted by molar-refractivity contribution is 9.10. The molecule has 0 radical (unpaired) electrons. The molecule has 1 rings (SSSR count). The molecule has 0 amide bonds. The van der Waals surface area contributed by atoms with Gasteiger partial charge in [-0.15, -0.1) is 0 Å². The lowest BCUT2D eigenvalue weighted by molar-refractivity contribution is 0.512. The van der Waals surface area contributed by atoms with E-state index in [0.29, 0.717) is 10.7 Å². The van der Waals surface area contributed by atoms with E-state index in [4.69, 9.17) is 0 Å². The molecule has 2 atom stereocenters. The van der Waals surface area contributed by atoms with Crippen LogP contribution < -0.4 is 0 Å². The Balaban J connectivity index is 2.67. The molecule has 0 saturated heterocycles. The van der Waals surface area contributed by atoms with Gasteiger partial charge in [-0.1, -0.05) is 45.7 Å². The zero-order valence-electron chi connectivity index (χ0n) is 8.93. The van der Waals surface area contributed by atoms with Crippen molar-refractivity contribution in [1.29, 1.82) is 0 Å². The van der Waals surface area contributed by atoms with E-state index in [1.165, 1.54) is 6.07 Å². The molecule has 0 aliphatic rings. The van der Waals surface area contributed by atoms with Crippen molar-refractivity contribution in [3.8, 4) is 0 Å². The summed E-state index contributed by atoms with van der Waals surface area (Å²) in [7, 11) is 0. The molecule has 0 fully saturated rings. The first-order chi connectivity index (χ1) is 6.99. The Bertz CT molecular complexity index is 323. The van der Waals surface area contributed by atoms with Gasteiger partial charge in [-0.2, -0.15) is 0 Å². The second kappa shape index (κ2) is 6.00. The van der Waals surface area contributed by atoms with Crippen molar-refractivity contribution in [2.24, 2.45) is 5.92 Å². The highest BCUT2D eigenvalue weighted by Gasteiger charge is 2.10. The Morgan fingerprint density at radius 3 is 2.60 bits per heavy atom. The fraction of sp³-hybridized carbons (Fsp3) is 0.500. The van der Waals surface area contributed by atoms with Crippen molar-refractivity contribution in [1.82, 2.24) is 0 Å². The van der Waals surface area contributed by atoms with Crippen LogP contribution in [0.1, 0.15) is 25.8 Å². The van der Waals surface area contributed by atoms with Crippen LogP contribution in [0.25, 0.3) is 0 Å². The Hall–Kier alpha value is 0.110. The Morgan fingerprint density at radius 1 is 1.33 bits per heavy atom. The summed E-state index contributed by atoms with van der Waals surface area (Å²) in [6, 6.07) is 5.12. The van der Waals surface area contributed by atoms with Crippen molar-refractivity contribution in [2.75, 3.05) is 0 Å². The summed E-state index contributed by atoms with van der Waals surface area (Å²) in [5.74, 6) is 0.385. The first-order valence-electron chi connectivity index (χ1n) is 5.07. The number of hydrogen-bond acceptors (Lipinski definition) is 0. The summed E-state index contributed by atoms with van der Waals surface area (Å²) >= 11 is 6.88. The molecule has 0 spiro atoms. The molecule has 0 aromatic heterocycles. The Morgan fingerprint density at radius 2 is 2.00 bits per heavy atom. The second-order valence-electron chi connectivity index (χ2n) is 4.06. The van der Waals surface area contributed by atoms with Gasteiger partial charge in [-0.25, -0.2) is 4.39 Å². The van der Waals surface area contributed by atoms with Gasteiger partial charge in [0.05, 0.1) is 0 Å². The maximum absolute atomic E-state index is 13.4. The molecule has 0 aliphatic heterocycles. The monoisotopic (exact) mass is 336 g/mol. The quantitative estimate of drug-likeness (QED) is 0.682. The van der Waals surface area contributed by atoms with Crippen LogP contribution in [0.5, 0.6) is 0 Å². The van der Waals surface area contributed by atoms with Gasteiger partial charge in [0.15, 0.2) is 0 Å². The van der Waals surface area contributed by atoms with Crippen LogP contribution in [0.4, 0.5) is 4.39 Å². The molecule has 84 valence electrons. The van der Waals surface area contributed by atoms with Crippen LogP contribution in [-0.4, -0.2) is 4.83 Å². The number of halogens is 3. The normalized spacial score (nSPS) is 15.0. The zero-order valence-corrected chi connectivity index (χ0v) is 12.1. The van der Waals surface area contributed by atoms with Gasteiger partial charge >= 0.3 is 0 Å². The van der Waals surface area contributed by atoms with Crippen LogP contribution in [0.3, 0.4) is 0 Å². The minimum absolute atomic E-state index is 0.104. The summed E-state index contributed by atoms with van der Waals surface area (Å²) in [6.45, 7) is 4.27. The molecule has 3 heteroatoms. The number of rotatable bonds is 4. The van der Waals surface area contributed by atoms with Crippen LogP contribution in [0.2, 0.25) is 0 Å². The third-order valence-corrected chi connectivity index (χ3v) is 3.17. The largest absolute Gasteiger partial charge is 0.207 e. The first-order valence-corrected chi connectivity index (χ1v) is 6.78. The van der Waals surface area contributed by atoms with E-state index in [-0.39, 0.29) is 5.82 Å². The van der Waals surface area contributed by atoms with E-state index in [1.807, 2.05) is 6.07 Å². The SMILES string of the molecule is CC(Br)CC(C)Cc1cc(Br)ccc1F. The minimum Gasteiger partial charge on any atom is -0.207 e. The lowest BCUT2D eigenvalue weighted by Gasteiger charge is -2.13. The standard InChI is InChI=1S/C12H15Br2F/c1-8(5-9(2)13)6-10-7-11(14)3-4-12(10)15/h3-4,7-9H,5-6H2,1-2H3. The van der Waals surface area contributed by atoms with Gasteiger partial charge in [-0.3, -0.25) is 0 Å². The summed E-state index contributed by atoms with van der Waals surface area (Å²) < 4.78 is 14.4. The number of alkyl halides is 1. The summed E-state index contributed by atoms with van der Waals surface area (Å²) in [4.78, 5) is 0.489. The molecule has 0 bridgehead atoms. The Labute approximate surface area is 108 Å². The smallest absolute Gasteiger partial charge is 0.126 e. The van der Waals surface area contributed by atoms with Crippen molar-refractivity contribution < 1.29 is 4.39 Å². The molecule has 0 N–H and O–H groups in total. The van der Waals surface area contributed by atoms with Crippen LogP contribution >= 0.6 is 31.9 Å². The van der Waals surface area contributed by atoms with Crippen molar-refractivity contribution in [3.05, 3.63) is 34.1 Å². The fourth-order valence-corrected chi connectivity index (χ4v) is 2.76. The fourth-order valence-electron chi connectivity index (χ4n) is 1.71. The molecule has 1 aromatic carbocycles. The van der Waals surface area contributed by atoms with Crippen LogP contribution in [-0.2, 0) is 6.42 Å². The van der Waals surface area contributed by atoms with Gasteiger partial charge in [0.25, 0.3) is 0 Å². The number of hydrogen-bond donors (Lipinski definition) is 0. The average Bonchev–Trinajstić information content (AvgIpc) is 2.10. The third-order valence-electron chi connectivity index (χ3n) is 2.30. The highest BCUT2D eigenvalue weighted by Crippen LogP contribution is 2.22. The maximum Gasteiger partial charge on any atom is 0.126 e. The van der Waals surface area contributed by atoms with Gasteiger partial charge in [0.1, 0.15) is 5.82 Å². The van der Waals surface area contributed by atoms with Crippen LogP contribution in [0.15, 0.2) is 22.7 Å². The summed E-state index contributed by atoms with van der Waals surface area (Å²) in [6.07, 6.45) is 1.85. The maximum atomic E-state index is 13.4. The average molecular weight is 338 g/mol. The second-order valence-corrected chi connectivity index (χ2v) is 6.54. The van der Waals surface area contributed by atoms with E-state index in [2.05, 4.69) is 45.7 Å². The van der Waals surface area contributed by atoms with Gasteiger partial charge < -0.3 is 0 Å². The Kier molecular flexibility index (Phi) is 5.27. The zero-order chi connectivity index (χ0) is 11.4. The van der Waals surface area contributed by atoms with Crippen molar-refractivity contribution in [2.45, 2.75) is 31.5 Å². The van der Waals surface area contributed by atoms with E-state index in [0.717, 1.165) is 22.9 Å². The van der Waals surface area contributed by atoms with E-state index >= 15 is 0 Å².